The van der Waals surface area contributed by atoms with E-state index in [0.717, 1.165) is 0 Å². The number of carboxylic acid groups (broad SMARTS) is 1. The Morgan fingerprint density at radius 1 is 0.885 bits per heavy atom. The normalized spacial score (nSPS) is 10.2. The molecule has 0 aliphatic heterocycles. The summed E-state index contributed by atoms with van der Waals surface area (Å²) in [5.41, 5.74) is 0.517. The van der Waals surface area contributed by atoms with Crippen molar-refractivity contribution in [1.82, 2.24) is 0 Å². The highest BCUT2D eigenvalue weighted by atomic mass is 19.1. The van der Waals surface area contributed by atoms with Crippen molar-refractivity contribution in [1.29, 1.82) is 0 Å². The quantitative estimate of drug-likeness (QED) is 0.706. The molecule has 0 aromatic heterocycles. The Balaban J connectivity index is 1.74. The molecule has 5 nitrogen and oxygen atoms in total. The first-order valence-corrected chi connectivity index (χ1v) is 7.71. The van der Waals surface area contributed by atoms with Gasteiger partial charge in [0, 0.05) is 5.56 Å². The van der Waals surface area contributed by atoms with Gasteiger partial charge in [-0.05, 0) is 48.5 Å². The van der Waals surface area contributed by atoms with Gasteiger partial charge in [0.05, 0.1) is 11.3 Å². The van der Waals surface area contributed by atoms with E-state index < -0.39 is 17.7 Å². The van der Waals surface area contributed by atoms with Crippen LogP contribution in [-0.2, 0) is 0 Å². The van der Waals surface area contributed by atoms with E-state index in [9.17, 15) is 14.0 Å². The van der Waals surface area contributed by atoms with E-state index in [-0.39, 0.29) is 17.0 Å². The Morgan fingerprint density at radius 2 is 1.54 bits per heavy atom. The van der Waals surface area contributed by atoms with Gasteiger partial charge in [0.15, 0.2) is 11.6 Å². The SMILES string of the molecule is O=C(Nc1ccccc1C(=O)O)c1ccc(Oc2ccccc2F)cc1. The molecule has 0 spiro atoms. The molecular formula is C20H14FNO4. The molecule has 6 heteroatoms. The Labute approximate surface area is 148 Å². The lowest BCUT2D eigenvalue weighted by molar-refractivity contribution is 0.0698. The summed E-state index contributed by atoms with van der Waals surface area (Å²) in [6.45, 7) is 0. The number of benzene rings is 3. The van der Waals surface area contributed by atoms with E-state index in [1.165, 1.54) is 48.5 Å². The van der Waals surface area contributed by atoms with Gasteiger partial charge in [-0.15, -0.1) is 0 Å². The molecule has 1 amide bonds. The number of carbonyl (C=O) groups excluding carboxylic acids is 1. The van der Waals surface area contributed by atoms with Crippen molar-refractivity contribution in [2.45, 2.75) is 0 Å². The highest BCUT2D eigenvalue weighted by molar-refractivity contribution is 6.07. The first kappa shape index (κ1) is 17.2. The highest BCUT2D eigenvalue weighted by Gasteiger charge is 2.13. The number of anilines is 1. The van der Waals surface area contributed by atoms with Gasteiger partial charge in [-0.1, -0.05) is 24.3 Å². The summed E-state index contributed by atoms with van der Waals surface area (Å²) >= 11 is 0. The Kier molecular flexibility index (Phi) is 4.94. The summed E-state index contributed by atoms with van der Waals surface area (Å²) < 4.78 is 19.0. The second-order valence-electron chi connectivity index (χ2n) is 5.36. The van der Waals surface area contributed by atoms with Crippen LogP contribution in [0.4, 0.5) is 10.1 Å². The lowest BCUT2D eigenvalue weighted by Gasteiger charge is -2.09. The fraction of sp³-hybridized carbons (Fsp3) is 0. The van der Waals surface area contributed by atoms with E-state index in [0.29, 0.717) is 11.3 Å². The highest BCUT2D eigenvalue weighted by Crippen LogP contribution is 2.24. The van der Waals surface area contributed by atoms with Gasteiger partial charge in [0.25, 0.3) is 5.91 Å². The number of rotatable bonds is 5. The van der Waals surface area contributed by atoms with Crippen LogP contribution in [0.2, 0.25) is 0 Å². The van der Waals surface area contributed by atoms with Crippen LogP contribution in [0.3, 0.4) is 0 Å². The molecule has 0 aliphatic rings. The number of ether oxygens (including phenoxy) is 1. The Hall–Kier alpha value is -3.67. The maximum atomic E-state index is 13.6. The minimum atomic E-state index is -1.13. The van der Waals surface area contributed by atoms with Crippen molar-refractivity contribution in [2.75, 3.05) is 5.32 Å². The summed E-state index contributed by atoms with van der Waals surface area (Å²) in [4.78, 5) is 23.5. The third kappa shape index (κ3) is 3.87. The van der Waals surface area contributed by atoms with Crippen LogP contribution in [0.1, 0.15) is 20.7 Å². The predicted octanol–water partition coefficient (Wildman–Crippen LogP) is 4.57. The maximum absolute atomic E-state index is 13.6. The molecule has 0 unspecified atom stereocenters. The summed E-state index contributed by atoms with van der Waals surface area (Å²) in [5, 5.41) is 11.7. The average Bonchev–Trinajstić information content (AvgIpc) is 2.64. The molecule has 0 saturated heterocycles. The van der Waals surface area contributed by atoms with Crippen LogP contribution in [0.5, 0.6) is 11.5 Å². The van der Waals surface area contributed by atoms with Crippen LogP contribution < -0.4 is 10.1 Å². The average molecular weight is 351 g/mol. The zero-order valence-corrected chi connectivity index (χ0v) is 13.5. The molecule has 0 radical (unpaired) electrons. The molecule has 0 bridgehead atoms. The maximum Gasteiger partial charge on any atom is 0.337 e. The topological polar surface area (TPSA) is 75.6 Å². The Bertz CT molecular complexity index is 954. The fourth-order valence-electron chi connectivity index (χ4n) is 2.30. The van der Waals surface area contributed by atoms with E-state index in [1.807, 2.05) is 0 Å². The first-order valence-electron chi connectivity index (χ1n) is 7.71. The first-order chi connectivity index (χ1) is 12.5. The van der Waals surface area contributed by atoms with Gasteiger partial charge < -0.3 is 15.2 Å². The van der Waals surface area contributed by atoms with E-state index in [2.05, 4.69) is 5.32 Å². The standard InChI is InChI=1S/C20H14FNO4/c21-16-6-2-4-8-18(16)26-14-11-9-13(10-12-14)19(23)22-17-7-3-1-5-15(17)20(24)25/h1-12H,(H,22,23)(H,24,25). The van der Waals surface area contributed by atoms with Crippen LogP contribution in [0, 0.1) is 5.82 Å². The summed E-state index contributed by atoms with van der Waals surface area (Å²) in [7, 11) is 0. The molecule has 3 aromatic rings. The number of para-hydroxylation sites is 2. The molecular weight excluding hydrogens is 337 g/mol. The number of amides is 1. The molecule has 26 heavy (non-hydrogen) atoms. The van der Waals surface area contributed by atoms with Crippen LogP contribution >= 0.6 is 0 Å². The van der Waals surface area contributed by atoms with Crippen molar-refractivity contribution in [3.05, 3.63) is 89.7 Å². The molecule has 0 fully saturated rings. The molecule has 0 atom stereocenters. The van der Waals surface area contributed by atoms with Gasteiger partial charge in [-0.2, -0.15) is 0 Å². The van der Waals surface area contributed by atoms with Crippen molar-refractivity contribution in [3.63, 3.8) is 0 Å². The van der Waals surface area contributed by atoms with Crippen LogP contribution in [-0.4, -0.2) is 17.0 Å². The van der Waals surface area contributed by atoms with Crippen molar-refractivity contribution >= 4 is 17.6 Å². The van der Waals surface area contributed by atoms with Gasteiger partial charge in [0.2, 0.25) is 0 Å². The molecule has 3 rings (SSSR count). The monoisotopic (exact) mass is 351 g/mol. The largest absolute Gasteiger partial charge is 0.478 e. The summed E-state index contributed by atoms with van der Waals surface area (Å²) in [6, 6.07) is 18.2. The van der Waals surface area contributed by atoms with Gasteiger partial charge in [0.1, 0.15) is 5.75 Å². The van der Waals surface area contributed by atoms with E-state index in [1.54, 1.807) is 24.3 Å². The second kappa shape index (κ2) is 7.48. The zero-order valence-electron chi connectivity index (χ0n) is 13.5. The molecule has 0 heterocycles. The number of hydrogen-bond acceptors (Lipinski definition) is 3. The second-order valence-corrected chi connectivity index (χ2v) is 5.36. The van der Waals surface area contributed by atoms with E-state index in [4.69, 9.17) is 9.84 Å². The molecule has 3 aromatic carbocycles. The lowest BCUT2D eigenvalue weighted by Crippen LogP contribution is -2.14. The fourth-order valence-corrected chi connectivity index (χ4v) is 2.30. The Morgan fingerprint density at radius 3 is 2.23 bits per heavy atom. The minimum Gasteiger partial charge on any atom is -0.478 e. The van der Waals surface area contributed by atoms with Crippen molar-refractivity contribution < 1.29 is 23.8 Å². The van der Waals surface area contributed by atoms with Crippen LogP contribution in [0.15, 0.2) is 72.8 Å². The van der Waals surface area contributed by atoms with Crippen molar-refractivity contribution in [2.24, 2.45) is 0 Å². The van der Waals surface area contributed by atoms with Gasteiger partial charge in [-0.25, -0.2) is 9.18 Å². The van der Waals surface area contributed by atoms with E-state index >= 15 is 0 Å². The number of hydrogen-bond donors (Lipinski definition) is 2. The molecule has 2 N–H and O–H groups in total. The smallest absolute Gasteiger partial charge is 0.337 e. The van der Waals surface area contributed by atoms with Crippen molar-refractivity contribution in [3.8, 4) is 11.5 Å². The van der Waals surface area contributed by atoms with Gasteiger partial charge in [-0.3, -0.25) is 4.79 Å². The number of aromatic carboxylic acids is 1. The zero-order chi connectivity index (χ0) is 18.5. The predicted molar refractivity (Wildman–Crippen MR) is 94.3 cm³/mol. The summed E-state index contributed by atoms with van der Waals surface area (Å²) in [5.74, 6) is -1.62. The van der Waals surface area contributed by atoms with Gasteiger partial charge >= 0.3 is 5.97 Å². The third-order valence-electron chi connectivity index (χ3n) is 3.59. The molecule has 130 valence electrons. The molecule has 0 saturated carbocycles. The number of nitrogens with one attached hydrogen (secondary N) is 1. The summed E-state index contributed by atoms with van der Waals surface area (Å²) in [6.07, 6.45) is 0. The third-order valence-corrected chi connectivity index (χ3v) is 3.59. The molecule has 0 aliphatic carbocycles. The number of carbonyl (C=O) groups is 2. The number of carboxylic acids is 1. The minimum absolute atomic E-state index is 0.000330. The number of halogens is 1. The lowest BCUT2D eigenvalue weighted by atomic mass is 10.1. The van der Waals surface area contributed by atoms with Crippen LogP contribution in [0.25, 0.3) is 0 Å².